The second-order valence-electron chi connectivity index (χ2n) is 4.64. The average Bonchev–Trinajstić information content (AvgIpc) is 2.40. The molecule has 17 heavy (non-hydrogen) atoms. The van der Waals surface area contributed by atoms with E-state index >= 15 is 0 Å². The summed E-state index contributed by atoms with van der Waals surface area (Å²) in [5.74, 6) is 1.67. The van der Waals surface area contributed by atoms with Gasteiger partial charge >= 0.3 is 0 Å². The first kappa shape index (κ1) is 12.3. The molecule has 1 aromatic heterocycles. The van der Waals surface area contributed by atoms with Gasteiger partial charge in [0.15, 0.2) is 0 Å². The predicted octanol–water partition coefficient (Wildman–Crippen LogP) is 1.40. The molecule has 1 atom stereocenters. The molecule has 2 heterocycles. The zero-order chi connectivity index (χ0) is 12.1. The van der Waals surface area contributed by atoms with Gasteiger partial charge in [-0.1, -0.05) is 0 Å². The molecule has 0 spiro atoms. The van der Waals surface area contributed by atoms with E-state index in [0.29, 0.717) is 12.5 Å². The van der Waals surface area contributed by atoms with Gasteiger partial charge in [0.1, 0.15) is 5.82 Å². The Labute approximate surface area is 103 Å². The summed E-state index contributed by atoms with van der Waals surface area (Å²) in [7, 11) is 1.77. The molecule has 0 saturated carbocycles. The van der Waals surface area contributed by atoms with Crippen molar-refractivity contribution in [3.63, 3.8) is 0 Å². The Morgan fingerprint density at radius 3 is 3.24 bits per heavy atom. The van der Waals surface area contributed by atoms with Crippen molar-refractivity contribution in [2.75, 3.05) is 31.7 Å². The molecule has 4 heteroatoms. The maximum Gasteiger partial charge on any atom is 0.128 e. The van der Waals surface area contributed by atoms with E-state index in [1.807, 2.05) is 12.3 Å². The molecule has 0 aliphatic carbocycles. The van der Waals surface area contributed by atoms with Crippen LogP contribution in [0.25, 0.3) is 0 Å². The van der Waals surface area contributed by atoms with Crippen LogP contribution in [0, 0.1) is 5.92 Å². The van der Waals surface area contributed by atoms with Crippen LogP contribution in [0.1, 0.15) is 18.4 Å². The number of piperidine rings is 1. The molecule has 0 bridgehead atoms. The van der Waals surface area contributed by atoms with Gasteiger partial charge in [-0.3, -0.25) is 0 Å². The predicted molar refractivity (Wildman–Crippen MR) is 68.9 cm³/mol. The lowest BCUT2D eigenvalue weighted by Crippen LogP contribution is -2.37. The van der Waals surface area contributed by atoms with Crippen molar-refractivity contribution < 1.29 is 4.74 Å². The van der Waals surface area contributed by atoms with Crippen molar-refractivity contribution >= 4 is 5.82 Å². The minimum absolute atomic E-state index is 0.574. The first-order valence-electron chi connectivity index (χ1n) is 6.22. The van der Waals surface area contributed by atoms with Crippen molar-refractivity contribution in [3.8, 4) is 0 Å². The molecule has 2 rings (SSSR count). The Bertz CT molecular complexity index is 354. The Balaban J connectivity index is 2.05. The lowest BCUT2D eigenvalue weighted by atomic mass is 9.99. The molecule has 94 valence electrons. The average molecular weight is 235 g/mol. The highest BCUT2D eigenvalue weighted by atomic mass is 16.5. The maximum absolute atomic E-state index is 5.66. The van der Waals surface area contributed by atoms with Crippen LogP contribution in [0.4, 0.5) is 5.82 Å². The summed E-state index contributed by atoms with van der Waals surface area (Å²) < 4.78 is 5.24. The van der Waals surface area contributed by atoms with E-state index in [9.17, 15) is 0 Å². The number of pyridine rings is 1. The van der Waals surface area contributed by atoms with Crippen LogP contribution < -0.4 is 10.6 Å². The van der Waals surface area contributed by atoms with Crippen LogP contribution in [0.2, 0.25) is 0 Å². The number of nitrogens with zero attached hydrogens (tertiary/aromatic N) is 2. The monoisotopic (exact) mass is 235 g/mol. The van der Waals surface area contributed by atoms with E-state index < -0.39 is 0 Å². The third kappa shape index (κ3) is 3.17. The Morgan fingerprint density at radius 2 is 2.47 bits per heavy atom. The third-order valence-corrected chi connectivity index (χ3v) is 3.29. The molecule has 1 saturated heterocycles. The van der Waals surface area contributed by atoms with Gasteiger partial charge in [-0.15, -0.1) is 0 Å². The summed E-state index contributed by atoms with van der Waals surface area (Å²) in [6.45, 7) is 3.54. The van der Waals surface area contributed by atoms with Crippen molar-refractivity contribution in [1.29, 1.82) is 0 Å². The molecule has 4 nitrogen and oxygen atoms in total. The van der Waals surface area contributed by atoms with Gasteiger partial charge in [-0.25, -0.2) is 4.98 Å². The summed E-state index contributed by atoms with van der Waals surface area (Å²) in [6, 6.07) is 4.06. The first-order valence-corrected chi connectivity index (χ1v) is 6.22. The molecule has 1 aliphatic rings. The topological polar surface area (TPSA) is 51.4 Å². The van der Waals surface area contributed by atoms with Gasteiger partial charge in [0, 0.05) is 32.9 Å². The van der Waals surface area contributed by atoms with E-state index in [4.69, 9.17) is 10.5 Å². The highest BCUT2D eigenvalue weighted by Crippen LogP contribution is 2.22. The molecule has 0 amide bonds. The van der Waals surface area contributed by atoms with Crippen LogP contribution in [-0.2, 0) is 11.3 Å². The maximum atomic E-state index is 5.66. The number of ether oxygens (including phenoxy) is 1. The van der Waals surface area contributed by atoms with E-state index in [-0.39, 0.29) is 0 Å². The number of rotatable bonds is 4. The van der Waals surface area contributed by atoms with Gasteiger partial charge in [-0.05, 0) is 36.5 Å². The Hall–Kier alpha value is -1.13. The normalized spacial score (nSPS) is 20.6. The molecule has 1 fully saturated rings. The van der Waals surface area contributed by atoms with E-state index in [1.165, 1.54) is 12.8 Å². The first-order chi connectivity index (χ1) is 8.33. The molecule has 1 aromatic rings. The Morgan fingerprint density at radius 1 is 1.59 bits per heavy atom. The fourth-order valence-electron chi connectivity index (χ4n) is 2.41. The molecular formula is C13H21N3O. The molecule has 2 N–H and O–H groups in total. The number of hydrogen-bond acceptors (Lipinski definition) is 4. The number of hydrogen-bond donors (Lipinski definition) is 1. The van der Waals surface area contributed by atoms with Crippen LogP contribution >= 0.6 is 0 Å². The smallest absolute Gasteiger partial charge is 0.128 e. The number of aromatic nitrogens is 1. The number of nitrogens with two attached hydrogens (primary N) is 1. The van der Waals surface area contributed by atoms with Crippen LogP contribution in [0.15, 0.2) is 18.3 Å². The summed E-state index contributed by atoms with van der Waals surface area (Å²) in [5.41, 5.74) is 6.80. The highest BCUT2D eigenvalue weighted by Gasteiger charge is 2.20. The largest absolute Gasteiger partial charge is 0.384 e. The van der Waals surface area contributed by atoms with Gasteiger partial charge in [0.25, 0.3) is 0 Å². The van der Waals surface area contributed by atoms with E-state index in [0.717, 1.165) is 31.1 Å². The molecule has 0 aromatic carbocycles. The SMILES string of the molecule is COCC1CCCN(c2cc(CN)ccn2)C1. The van der Waals surface area contributed by atoms with E-state index in [1.54, 1.807) is 7.11 Å². The summed E-state index contributed by atoms with van der Waals surface area (Å²) in [4.78, 5) is 6.77. The minimum atomic E-state index is 0.574. The van der Waals surface area contributed by atoms with Gasteiger partial charge in [0.2, 0.25) is 0 Å². The van der Waals surface area contributed by atoms with Crippen molar-refractivity contribution in [2.45, 2.75) is 19.4 Å². The Kier molecular flexibility index (Phi) is 4.34. The summed E-state index contributed by atoms with van der Waals surface area (Å²) in [6.07, 6.45) is 4.31. The van der Waals surface area contributed by atoms with Crippen LogP contribution in [-0.4, -0.2) is 31.8 Å². The fourth-order valence-corrected chi connectivity index (χ4v) is 2.41. The van der Waals surface area contributed by atoms with Crippen molar-refractivity contribution in [2.24, 2.45) is 11.7 Å². The van der Waals surface area contributed by atoms with Gasteiger partial charge in [0.05, 0.1) is 6.61 Å². The molecule has 1 unspecified atom stereocenters. The number of anilines is 1. The number of methoxy groups -OCH3 is 1. The van der Waals surface area contributed by atoms with Crippen molar-refractivity contribution in [1.82, 2.24) is 4.98 Å². The zero-order valence-electron chi connectivity index (χ0n) is 10.4. The second-order valence-corrected chi connectivity index (χ2v) is 4.64. The van der Waals surface area contributed by atoms with Crippen LogP contribution in [0.5, 0.6) is 0 Å². The lowest BCUT2D eigenvalue weighted by molar-refractivity contribution is 0.143. The van der Waals surface area contributed by atoms with Gasteiger partial charge in [-0.2, -0.15) is 0 Å². The lowest BCUT2D eigenvalue weighted by Gasteiger charge is -2.33. The fraction of sp³-hybridized carbons (Fsp3) is 0.615. The summed E-state index contributed by atoms with van der Waals surface area (Å²) in [5, 5.41) is 0. The molecule has 1 aliphatic heterocycles. The summed E-state index contributed by atoms with van der Waals surface area (Å²) >= 11 is 0. The van der Waals surface area contributed by atoms with Crippen LogP contribution in [0.3, 0.4) is 0 Å². The standard InChI is InChI=1S/C13H21N3O/c1-17-10-12-3-2-6-16(9-12)13-7-11(8-14)4-5-15-13/h4-5,7,12H,2-3,6,8-10,14H2,1H3. The minimum Gasteiger partial charge on any atom is -0.384 e. The molecule has 0 radical (unpaired) electrons. The van der Waals surface area contributed by atoms with E-state index in [2.05, 4.69) is 16.0 Å². The van der Waals surface area contributed by atoms with Gasteiger partial charge < -0.3 is 15.4 Å². The molecular weight excluding hydrogens is 214 g/mol. The van der Waals surface area contributed by atoms with Crippen molar-refractivity contribution in [3.05, 3.63) is 23.9 Å². The third-order valence-electron chi connectivity index (χ3n) is 3.29. The second kappa shape index (κ2) is 5.98. The highest BCUT2D eigenvalue weighted by molar-refractivity contribution is 5.41. The quantitative estimate of drug-likeness (QED) is 0.857. The zero-order valence-corrected chi connectivity index (χ0v) is 10.4.